The third kappa shape index (κ3) is 2.65. The molecule has 1 aliphatic heterocycles. The topological polar surface area (TPSA) is 47.0 Å². The molecule has 82 valence electrons. The number of nitrogens with one attached hydrogen (secondary N) is 1. The van der Waals surface area contributed by atoms with Crippen LogP contribution in [0.25, 0.3) is 0 Å². The number of hydrogen-bond acceptors (Lipinski definition) is 4. The van der Waals surface area contributed by atoms with Crippen molar-refractivity contribution in [3.8, 4) is 0 Å². The number of anilines is 1. The minimum absolute atomic E-state index is 0.404. The molecule has 1 aliphatic rings. The van der Waals surface area contributed by atoms with Gasteiger partial charge in [-0.2, -0.15) is 0 Å². The summed E-state index contributed by atoms with van der Waals surface area (Å²) in [5, 5.41) is 3.25. The van der Waals surface area contributed by atoms with Gasteiger partial charge in [0.15, 0.2) is 0 Å². The van der Waals surface area contributed by atoms with Crippen LogP contribution in [0.4, 0.5) is 5.95 Å². The lowest BCUT2D eigenvalue weighted by molar-refractivity contribution is 0.0900. The van der Waals surface area contributed by atoms with Gasteiger partial charge in [0, 0.05) is 31.5 Å². The Kier molecular flexibility index (Phi) is 3.50. The molecule has 0 spiro atoms. The Morgan fingerprint density at radius 1 is 1.47 bits per heavy atom. The third-order valence-electron chi connectivity index (χ3n) is 2.84. The zero-order valence-corrected chi connectivity index (χ0v) is 9.02. The predicted octanol–water partition coefficient (Wildman–Crippen LogP) is 1.70. The quantitative estimate of drug-likeness (QED) is 0.816. The number of hydrogen-bond donors (Lipinski definition) is 1. The third-order valence-corrected chi connectivity index (χ3v) is 2.84. The van der Waals surface area contributed by atoms with Crippen molar-refractivity contribution >= 4 is 5.95 Å². The molecule has 0 aliphatic carbocycles. The molecule has 2 heterocycles. The van der Waals surface area contributed by atoms with Crippen molar-refractivity contribution in [2.75, 3.05) is 18.5 Å². The monoisotopic (exact) mass is 207 g/mol. The van der Waals surface area contributed by atoms with E-state index in [1.807, 2.05) is 6.07 Å². The van der Waals surface area contributed by atoms with Crippen molar-refractivity contribution in [3.63, 3.8) is 0 Å². The molecule has 4 heteroatoms. The van der Waals surface area contributed by atoms with Gasteiger partial charge in [-0.15, -0.1) is 0 Å². The maximum absolute atomic E-state index is 5.62. The molecule has 0 aromatic carbocycles. The van der Waals surface area contributed by atoms with E-state index in [1.54, 1.807) is 12.4 Å². The molecular formula is C11H17N3O. The summed E-state index contributed by atoms with van der Waals surface area (Å²) in [5.74, 6) is 1.30. The Morgan fingerprint density at radius 2 is 2.27 bits per heavy atom. The minimum atomic E-state index is 0.404. The van der Waals surface area contributed by atoms with Gasteiger partial charge in [-0.1, -0.05) is 6.92 Å². The van der Waals surface area contributed by atoms with Crippen LogP contribution in [0.15, 0.2) is 18.5 Å². The highest BCUT2D eigenvalue weighted by Crippen LogP contribution is 2.23. The van der Waals surface area contributed by atoms with Gasteiger partial charge in [0.25, 0.3) is 0 Å². The Balaban J connectivity index is 1.83. The van der Waals surface area contributed by atoms with Crippen molar-refractivity contribution in [1.82, 2.24) is 9.97 Å². The maximum Gasteiger partial charge on any atom is 0.222 e. The van der Waals surface area contributed by atoms with E-state index in [4.69, 9.17) is 4.74 Å². The Morgan fingerprint density at radius 3 is 3.00 bits per heavy atom. The summed E-state index contributed by atoms with van der Waals surface area (Å²) in [7, 11) is 0. The summed E-state index contributed by atoms with van der Waals surface area (Å²) in [4.78, 5) is 8.26. The molecule has 0 amide bonds. The molecule has 2 unspecified atom stereocenters. The molecular weight excluding hydrogens is 190 g/mol. The number of rotatable bonds is 4. The van der Waals surface area contributed by atoms with Gasteiger partial charge in [-0.25, -0.2) is 9.97 Å². The van der Waals surface area contributed by atoms with Crippen LogP contribution in [0.3, 0.4) is 0 Å². The number of aromatic nitrogens is 2. The van der Waals surface area contributed by atoms with Gasteiger partial charge in [0.05, 0.1) is 6.10 Å². The Bertz CT molecular complexity index is 291. The first-order valence-corrected chi connectivity index (χ1v) is 5.52. The highest BCUT2D eigenvalue weighted by molar-refractivity contribution is 5.22. The first-order valence-electron chi connectivity index (χ1n) is 5.52. The lowest BCUT2D eigenvalue weighted by Gasteiger charge is -2.16. The first-order chi connectivity index (χ1) is 7.40. The van der Waals surface area contributed by atoms with Crippen LogP contribution >= 0.6 is 0 Å². The molecule has 0 saturated carbocycles. The van der Waals surface area contributed by atoms with Gasteiger partial charge in [0.2, 0.25) is 5.95 Å². The fourth-order valence-electron chi connectivity index (χ4n) is 1.99. The fourth-order valence-corrected chi connectivity index (χ4v) is 1.99. The normalized spacial score (nSPS) is 25.4. The van der Waals surface area contributed by atoms with E-state index < -0.39 is 0 Å². The van der Waals surface area contributed by atoms with E-state index in [0.717, 1.165) is 26.0 Å². The van der Waals surface area contributed by atoms with E-state index in [0.29, 0.717) is 18.0 Å². The summed E-state index contributed by atoms with van der Waals surface area (Å²) in [6.45, 7) is 3.96. The van der Waals surface area contributed by atoms with Crippen LogP contribution in [-0.4, -0.2) is 29.2 Å². The second kappa shape index (κ2) is 5.07. The van der Waals surface area contributed by atoms with Crippen molar-refractivity contribution < 1.29 is 4.74 Å². The number of nitrogens with zero attached hydrogens (tertiary/aromatic N) is 2. The molecule has 2 atom stereocenters. The van der Waals surface area contributed by atoms with Crippen LogP contribution < -0.4 is 5.32 Å². The summed E-state index contributed by atoms with van der Waals surface area (Å²) < 4.78 is 5.62. The summed E-state index contributed by atoms with van der Waals surface area (Å²) in [5.41, 5.74) is 0. The predicted molar refractivity (Wildman–Crippen MR) is 58.7 cm³/mol. The van der Waals surface area contributed by atoms with Crippen LogP contribution in [-0.2, 0) is 4.74 Å². The Hall–Kier alpha value is -1.16. The van der Waals surface area contributed by atoms with Gasteiger partial charge < -0.3 is 10.1 Å². The summed E-state index contributed by atoms with van der Waals surface area (Å²) in [6, 6.07) is 1.82. The molecule has 4 nitrogen and oxygen atoms in total. The molecule has 2 rings (SSSR count). The molecule has 1 saturated heterocycles. The van der Waals surface area contributed by atoms with E-state index >= 15 is 0 Å². The van der Waals surface area contributed by atoms with Gasteiger partial charge in [-0.3, -0.25) is 0 Å². The molecule has 15 heavy (non-hydrogen) atoms. The SMILES string of the molecule is CCC1OCCC1CNc1ncccn1. The van der Waals surface area contributed by atoms with Crippen molar-refractivity contribution in [3.05, 3.63) is 18.5 Å². The van der Waals surface area contributed by atoms with Crippen LogP contribution in [0, 0.1) is 5.92 Å². The zero-order chi connectivity index (χ0) is 10.5. The molecule has 0 bridgehead atoms. The fraction of sp³-hybridized carbons (Fsp3) is 0.636. The smallest absolute Gasteiger partial charge is 0.222 e. The Labute approximate surface area is 90.1 Å². The lowest BCUT2D eigenvalue weighted by Crippen LogP contribution is -2.23. The highest BCUT2D eigenvalue weighted by Gasteiger charge is 2.26. The van der Waals surface area contributed by atoms with E-state index in [2.05, 4.69) is 22.2 Å². The minimum Gasteiger partial charge on any atom is -0.378 e. The average molecular weight is 207 g/mol. The first kappa shape index (κ1) is 10.4. The molecule has 1 aromatic rings. The van der Waals surface area contributed by atoms with Gasteiger partial charge in [-0.05, 0) is 18.9 Å². The van der Waals surface area contributed by atoms with Crippen molar-refractivity contribution in [1.29, 1.82) is 0 Å². The van der Waals surface area contributed by atoms with Crippen LogP contribution in [0.1, 0.15) is 19.8 Å². The lowest BCUT2D eigenvalue weighted by atomic mass is 10.00. The second-order valence-corrected chi connectivity index (χ2v) is 3.82. The van der Waals surface area contributed by atoms with Gasteiger partial charge in [0.1, 0.15) is 0 Å². The maximum atomic E-state index is 5.62. The molecule has 1 N–H and O–H groups in total. The van der Waals surface area contributed by atoms with Crippen molar-refractivity contribution in [2.24, 2.45) is 5.92 Å². The van der Waals surface area contributed by atoms with Crippen LogP contribution in [0.5, 0.6) is 0 Å². The van der Waals surface area contributed by atoms with Gasteiger partial charge >= 0.3 is 0 Å². The zero-order valence-electron chi connectivity index (χ0n) is 9.02. The van der Waals surface area contributed by atoms with E-state index in [1.165, 1.54) is 0 Å². The summed E-state index contributed by atoms with van der Waals surface area (Å²) >= 11 is 0. The van der Waals surface area contributed by atoms with Crippen LogP contribution in [0.2, 0.25) is 0 Å². The second-order valence-electron chi connectivity index (χ2n) is 3.82. The molecule has 1 aromatic heterocycles. The standard InChI is InChI=1S/C11H17N3O/c1-2-10-9(4-7-15-10)8-14-11-12-5-3-6-13-11/h3,5-6,9-10H,2,4,7-8H2,1H3,(H,12,13,14). The summed E-state index contributed by atoms with van der Waals surface area (Å²) in [6.07, 6.45) is 6.12. The molecule has 0 radical (unpaired) electrons. The van der Waals surface area contributed by atoms with E-state index in [-0.39, 0.29) is 0 Å². The van der Waals surface area contributed by atoms with E-state index in [9.17, 15) is 0 Å². The number of ether oxygens (including phenoxy) is 1. The largest absolute Gasteiger partial charge is 0.378 e. The molecule has 1 fully saturated rings. The highest BCUT2D eigenvalue weighted by atomic mass is 16.5. The van der Waals surface area contributed by atoms with Crippen molar-refractivity contribution in [2.45, 2.75) is 25.9 Å². The average Bonchev–Trinajstić information content (AvgIpc) is 2.75.